The van der Waals surface area contributed by atoms with E-state index >= 15 is 0 Å². The molecular weight excluding hydrogens is 138 g/mol. The molecule has 0 aromatic heterocycles. The van der Waals surface area contributed by atoms with Crippen LogP contribution >= 0.6 is 0 Å². The third kappa shape index (κ3) is 6.84. The molecule has 0 fully saturated rings. The number of allylic oxidation sites excluding steroid dienone is 2. The lowest BCUT2D eigenvalue weighted by Gasteiger charge is -2.05. The molecule has 0 aliphatic carbocycles. The molecule has 0 saturated carbocycles. The maximum atomic E-state index is 10.5. The van der Waals surface area contributed by atoms with Gasteiger partial charge in [-0.1, -0.05) is 18.2 Å². The molecule has 0 radical (unpaired) electrons. The van der Waals surface area contributed by atoms with Crippen molar-refractivity contribution in [3.05, 3.63) is 24.8 Å². The Morgan fingerprint density at radius 2 is 2.36 bits per heavy atom. The molecule has 0 heterocycles. The molecule has 11 heavy (non-hydrogen) atoms. The highest BCUT2D eigenvalue weighted by Gasteiger charge is 1.95. The van der Waals surface area contributed by atoms with Gasteiger partial charge in [-0.05, 0) is 13.3 Å². The lowest BCUT2D eigenvalue weighted by atomic mass is 10.2. The van der Waals surface area contributed by atoms with Crippen LogP contribution in [0.25, 0.3) is 0 Å². The number of rotatable bonds is 4. The first-order valence-corrected chi connectivity index (χ1v) is 3.71. The van der Waals surface area contributed by atoms with Crippen LogP contribution in [-0.4, -0.2) is 11.9 Å². The zero-order chi connectivity index (χ0) is 8.69. The Hall–Kier alpha value is -1.05. The van der Waals surface area contributed by atoms with E-state index in [1.807, 2.05) is 25.2 Å². The molecule has 2 heteroatoms. The highest BCUT2D eigenvalue weighted by Crippen LogP contribution is 1.88. The van der Waals surface area contributed by atoms with Crippen LogP contribution in [0.15, 0.2) is 24.8 Å². The normalized spacial score (nSPS) is 12.9. The number of hydrogen-bond donors (Lipinski definition) is 1. The quantitative estimate of drug-likeness (QED) is 0.611. The first kappa shape index (κ1) is 9.95. The van der Waals surface area contributed by atoms with Crippen molar-refractivity contribution in [3.8, 4) is 0 Å². The van der Waals surface area contributed by atoms with E-state index < -0.39 is 0 Å². The molecule has 1 N–H and O–H groups in total. The smallest absolute Gasteiger partial charge is 0.217 e. The first-order valence-electron chi connectivity index (χ1n) is 3.71. The fourth-order valence-corrected chi connectivity index (χ4v) is 0.748. The average Bonchev–Trinajstić information content (AvgIpc) is 1.86. The van der Waals surface area contributed by atoms with Crippen molar-refractivity contribution in [2.45, 2.75) is 26.3 Å². The minimum atomic E-state index is 0.000697. The van der Waals surface area contributed by atoms with Gasteiger partial charge in [0.15, 0.2) is 0 Å². The van der Waals surface area contributed by atoms with E-state index in [2.05, 4.69) is 11.9 Å². The van der Waals surface area contributed by atoms with E-state index in [-0.39, 0.29) is 11.9 Å². The largest absolute Gasteiger partial charge is 0.350 e. The summed E-state index contributed by atoms with van der Waals surface area (Å²) in [6.07, 6.45) is 6.59. The molecule has 0 rings (SSSR count). The fraction of sp³-hybridized carbons (Fsp3) is 0.444. The summed E-state index contributed by atoms with van der Waals surface area (Å²) >= 11 is 0. The van der Waals surface area contributed by atoms with Gasteiger partial charge in [0, 0.05) is 13.0 Å². The monoisotopic (exact) mass is 153 g/mol. The molecule has 1 unspecified atom stereocenters. The van der Waals surface area contributed by atoms with Crippen LogP contribution in [0.3, 0.4) is 0 Å². The average molecular weight is 153 g/mol. The lowest BCUT2D eigenvalue weighted by Crippen LogP contribution is -2.28. The van der Waals surface area contributed by atoms with E-state index in [0.29, 0.717) is 0 Å². The van der Waals surface area contributed by atoms with E-state index in [1.54, 1.807) is 0 Å². The zero-order valence-electron chi connectivity index (χ0n) is 7.13. The molecule has 0 spiro atoms. The number of nitrogens with one attached hydrogen (secondary N) is 1. The molecular formula is C9H15NO. The summed E-state index contributed by atoms with van der Waals surface area (Å²) in [7, 11) is 0. The SMILES string of the molecule is C=CC/C=C/C(C)NC(C)=O. The van der Waals surface area contributed by atoms with Crippen LogP contribution in [0.4, 0.5) is 0 Å². The number of hydrogen-bond acceptors (Lipinski definition) is 1. The lowest BCUT2D eigenvalue weighted by molar-refractivity contribution is -0.119. The second kappa shape index (κ2) is 5.71. The summed E-state index contributed by atoms with van der Waals surface area (Å²) < 4.78 is 0. The van der Waals surface area contributed by atoms with Gasteiger partial charge in [-0.3, -0.25) is 4.79 Å². The van der Waals surface area contributed by atoms with Crippen molar-refractivity contribution >= 4 is 5.91 Å². The summed E-state index contributed by atoms with van der Waals surface area (Å²) in [6.45, 7) is 7.02. The number of carbonyl (C=O) groups excluding carboxylic acids is 1. The predicted octanol–water partition coefficient (Wildman–Crippen LogP) is 1.64. The van der Waals surface area contributed by atoms with Crippen LogP contribution in [-0.2, 0) is 4.79 Å². The van der Waals surface area contributed by atoms with E-state index in [0.717, 1.165) is 6.42 Å². The Morgan fingerprint density at radius 3 is 2.82 bits per heavy atom. The van der Waals surface area contributed by atoms with E-state index in [1.165, 1.54) is 6.92 Å². The number of carbonyl (C=O) groups is 1. The van der Waals surface area contributed by atoms with Crippen LogP contribution in [0, 0.1) is 0 Å². The Labute approximate surface area is 68.0 Å². The van der Waals surface area contributed by atoms with Crippen molar-refractivity contribution in [3.63, 3.8) is 0 Å². The molecule has 1 atom stereocenters. The zero-order valence-corrected chi connectivity index (χ0v) is 7.13. The van der Waals surface area contributed by atoms with Gasteiger partial charge in [0.05, 0.1) is 0 Å². The molecule has 0 aromatic rings. The van der Waals surface area contributed by atoms with Crippen molar-refractivity contribution in [1.82, 2.24) is 5.32 Å². The summed E-state index contributed by atoms with van der Waals surface area (Å²) in [5.74, 6) is 0.000697. The van der Waals surface area contributed by atoms with Gasteiger partial charge in [0.2, 0.25) is 5.91 Å². The second-order valence-electron chi connectivity index (χ2n) is 2.44. The van der Waals surface area contributed by atoms with Crippen LogP contribution in [0.1, 0.15) is 20.3 Å². The maximum Gasteiger partial charge on any atom is 0.217 e. The van der Waals surface area contributed by atoms with Gasteiger partial charge >= 0.3 is 0 Å². The molecule has 0 aliphatic heterocycles. The van der Waals surface area contributed by atoms with Crippen LogP contribution in [0.2, 0.25) is 0 Å². The van der Waals surface area contributed by atoms with Gasteiger partial charge in [0.25, 0.3) is 0 Å². The van der Waals surface area contributed by atoms with E-state index in [9.17, 15) is 4.79 Å². The third-order valence-corrected chi connectivity index (χ3v) is 1.16. The molecule has 2 nitrogen and oxygen atoms in total. The van der Waals surface area contributed by atoms with Crippen molar-refractivity contribution in [2.24, 2.45) is 0 Å². The Morgan fingerprint density at radius 1 is 1.73 bits per heavy atom. The Balaban J connectivity index is 3.58. The van der Waals surface area contributed by atoms with Gasteiger partial charge in [0.1, 0.15) is 0 Å². The minimum absolute atomic E-state index is 0.000697. The first-order chi connectivity index (χ1) is 5.16. The van der Waals surface area contributed by atoms with Gasteiger partial charge in [-0.15, -0.1) is 6.58 Å². The minimum Gasteiger partial charge on any atom is -0.350 e. The van der Waals surface area contributed by atoms with E-state index in [4.69, 9.17) is 0 Å². The highest BCUT2D eigenvalue weighted by atomic mass is 16.1. The molecule has 0 saturated heterocycles. The third-order valence-electron chi connectivity index (χ3n) is 1.16. The van der Waals surface area contributed by atoms with Crippen LogP contribution in [0.5, 0.6) is 0 Å². The maximum absolute atomic E-state index is 10.5. The summed E-state index contributed by atoms with van der Waals surface area (Å²) in [5.41, 5.74) is 0. The fourth-order valence-electron chi connectivity index (χ4n) is 0.748. The Kier molecular flexibility index (Phi) is 5.17. The van der Waals surface area contributed by atoms with Gasteiger partial charge in [-0.25, -0.2) is 0 Å². The molecule has 0 aromatic carbocycles. The molecule has 0 aliphatic rings. The van der Waals surface area contributed by atoms with Crippen molar-refractivity contribution < 1.29 is 4.79 Å². The number of amides is 1. The van der Waals surface area contributed by atoms with Gasteiger partial charge in [-0.2, -0.15) is 0 Å². The molecule has 1 amide bonds. The molecule has 0 bridgehead atoms. The summed E-state index contributed by atoms with van der Waals surface area (Å²) in [4.78, 5) is 10.5. The highest BCUT2D eigenvalue weighted by molar-refractivity contribution is 5.73. The topological polar surface area (TPSA) is 29.1 Å². The standard InChI is InChI=1S/C9H15NO/c1-4-5-6-7-8(2)10-9(3)11/h4,6-8H,1,5H2,2-3H3,(H,10,11)/b7-6+. The Bertz CT molecular complexity index is 161. The van der Waals surface area contributed by atoms with Gasteiger partial charge < -0.3 is 5.32 Å². The molecule has 62 valence electrons. The second-order valence-corrected chi connectivity index (χ2v) is 2.44. The van der Waals surface area contributed by atoms with Crippen LogP contribution < -0.4 is 5.32 Å². The van der Waals surface area contributed by atoms with Crippen molar-refractivity contribution in [2.75, 3.05) is 0 Å². The summed E-state index contributed by atoms with van der Waals surface area (Å²) in [6, 6.07) is 0.118. The summed E-state index contributed by atoms with van der Waals surface area (Å²) in [5, 5.41) is 2.74. The predicted molar refractivity (Wildman–Crippen MR) is 47.2 cm³/mol. The van der Waals surface area contributed by atoms with Crippen molar-refractivity contribution in [1.29, 1.82) is 0 Å².